The first kappa shape index (κ1) is 17.3. The average molecular weight is 424 g/mol. The molecule has 1 heterocycles. The molecule has 2 unspecified atom stereocenters. The van der Waals surface area contributed by atoms with Gasteiger partial charge in [0.2, 0.25) is 0 Å². The molecule has 0 saturated heterocycles. The third-order valence-electron chi connectivity index (χ3n) is 4.08. The molecule has 0 bridgehead atoms. The zero-order valence-electron chi connectivity index (χ0n) is 13.0. The van der Waals surface area contributed by atoms with E-state index in [4.69, 9.17) is 4.99 Å². The third-order valence-corrected chi connectivity index (χ3v) is 4.68. The predicted molar refractivity (Wildman–Crippen MR) is 107 cm³/mol. The number of halogens is 1. The van der Waals surface area contributed by atoms with Crippen molar-refractivity contribution in [2.45, 2.75) is 25.9 Å². The van der Waals surface area contributed by atoms with E-state index in [9.17, 15) is 0 Å². The molecule has 2 nitrogen and oxygen atoms in total. The van der Waals surface area contributed by atoms with E-state index in [0.717, 1.165) is 5.17 Å². The van der Waals surface area contributed by atoms with Gasteiger partial charge in [0.25, 0.3) is 0 Å². The standard InChI is InChI=1S/C18H20N2S.HI/c1-12-8-4-6-10-14(12)16-17(20-18(19-16)21-3)15-11-7-5-9-13(15)2;/h4-11,16-17H,1-3H3,(H,19,20);1H. The Bertz CT molecular complexity index is 684. The molecule has 116 valence electrons. The fourth-order valence-electron chi connectivity index (χ4n) is 2.91. The maximum atomic E-state index is 4.91. The largest absolute Gasteiger partial charge is 0.356 e. The zero-order chi connectivity index (χ0) is 14.8. The van der Waals surface area contributed by atoms with E-state index >= 15 is 0 Å². The molecule has 0 fully saturated rings. The van der Waals surface area contributed by atoms with E-state index in [0.29, 0.717) is 0 Å². The summed E-state index contributed by atoms with van der Waals surface area (Å²) in [6.45, 7) is 4.33. The summed E-state index contributed by atoms with van der Waals surface area (Å²) in [6.07, 6.45) is 2.07. The normalized spacial score (nSPS) is 20.0. The SMILES string of the molecule is CSC1=NC(c2ccccc2C)C(c2ccccc2C)N1.I. The van der Waals surface area contributed by atoms with Gasteiger partial charge in [-0.25, -0.2) is 0 Å². The van der Waals surface area contributed by atoms with Crippen molar-refractivity contribution in [3.8, 4) is 0 Å². The molecular formula is C18H21IN2S. The minimum absolute atomic E-state index is 0. The van der Waals surface area contributed by atoms with Gasteiger partial charge in [0.1, 0.15) is 6.04 Å². The number of rotatable bonds is 2. The van der Waals surface area contributed by atoms with E-state index < -0.39 is 0 Å². The van der Waals surface area contributed by atoms with Crippen molar-refractivity contribution < 1.29 is 0 Å². The lowest BCUT2D eigenvalue weighted by Crippen LogP contribution is -2.23. The van der Waals surface area contributed by atoms with Gasteiger partial charge in [0.15, 0.2) is 5.17 Å². The molecular weight excluding hydrogens is 403 g/mol. The highest BCUT2D eigenvalue weighted by molar-refractivity contribution is 14.0. The van der Waals surface area contributed by atoms with Crippen LogP contribution in [0.5, 0.6) is 0 Å². The molecule has 1 aliphatic heterocycles. The highest BCUT2D eigenvalue weighted by Gasteiger charge is 2.32. The van der Waals surface area contributed by atoms with Gasteiger partial charge in [-0.15, -0.1) is 24.0 Å². The lowest BCUT2D eigenvalue weighted by atomic mass is 9.90. The molecule has 2 aromatic carbocycles. The Balaban J connectivity index is 0.00000176. The molecule has 2 atom stereocenters. The smallest absolute Gasteiger partial charge is 0.157 e. The molecule has 1 N–H and O–H groups in total. The Labute approximate surface area is 153 Å². The monoisotopic (exact) mass is 424 g/mol. The quantitative estimate of drug-likeness (QED) is 0.685. The minimum atomic E-state index is 0. The number of amidine groups is 1. The maximum absolute atomic E-state index is 4.91. The highest BCUT2D eigenvalue weighted by atomic mass is 127. The summed E-state index contributed by atoms with van der Waals surface area (Å²) in [4.78, 5) is 4.91. The summed E-state index contributed by atoms with van der Waals surface area (Å²) in [5.41, 5.74) is 5.25. The van der Waals surface area contributed by atoms with Gasteiger partial charge in [-0.2, -0.15) is 0 Å². The Morgan fingerprint density at radius 1 is 0.909 bits per heavy atom. The molecule has 0 radical (unpaired) electrons. The van der Waals surface area contributed by atoms with Crippen LogP contribution in [-0.2, 0) is 0 Å². The molecule has 0 amide bonds. The van der Waals surface area contributed by atoms with Crippen LogP contribution in [-0.4, -0.2) is 11.4 Å². The first-order valence-electron chi connectivity index (χ1n) is 7.20. The number of benzene rings is 2. The molecule has 1 aliphatic rings. The van der Waals surface area contributed by atoms with Gasteiger partial charge in [0, 0.05) is 0 Å². The predicted octanol–water partition coefficient (Wildman–Crippen LogP) is 5.03. The highest BCUT2D eigenvalue weighted by Crippen LogP contribution is 2.39. The lowest BCUT2D eigenvalue weighted by molar-refractivity contribution is 0.568. The molecule has 0 saturated carbocycles. The van der Waals surface area contributed by atoms with Crippen LogP contribution in [0.4, 0.5) is 0 Å². The van der Waals surface area contributed by atoms with E-state index in [1.54, 1.807) is 11.8 Å². The average Bonchev–Trinajstić information content (AvgIpc) is 2.92. The topological polar surface area (TPSA) is 24.4 Å². The molecule has 3 rings (SSSR count). The summed E-state index contributed by atoms with van der Waals surface area (Å²) >= 11 is 1.68. The molecule has 0 aliphatic carbocycles. The van der Waals surface area contributed by atoms with Crippen molar-refractivity contribution in [1.82, 2.24) is 5.32 Å². The van der Waals surface area contributed by atoms with Crippen LogP contribution < -0.4 is 5.32 Å². The summed E-state index contributed by atoms with van der Waals surface area (Å²) in [5.74, 6) is 0. The number of aliphatic imine (C=N–C) groups is 1. The van der Waals surface area contributed by atoms with Crippen LogP contribution in [0.3, 0.4) is 0 Å². The minimum Gasteiger partial charge on any atom is -0.356 e. The summed E-state index contributed by atoms with van der Waals surface area (Å²) in [7, 11) is 0. The first-order chi connectivity index (χ1) is 10.2. The lowest BCUT2D eigenvalue weighted by Gasteiger charge is -2.22. The van der Waals surface area contributed by atoms with Crippen LogP contribution in [0.15, 0.2) is 53.5 Å². The van der Waals surface area contributed by atoms with Crippen LogP contribution in [0.2, 0.25) is 0 Å². The summed E-state index contributed by atoms with van der Waals surface area (Å²) < 4.78 is 0. The van der Waals surface area contributed by atoms with Gasteiger partial charge in [-0.1, -0.05) is 60.3 Å². The van der Waals surface area contributed by atoms with E-state index in [-0.39, 0.29) is 36.1 Å². The Kier molecular flexibility index (Phi) is 5.92. The third kappa shape index (κ3) is 3.33. The van der Waals surface area contributed by atoms with Crippen molar-refractivity contribution in [2.24, 2.45) is 4.99 Å². The number of hydrogen-bond donors (Lipinski definition) is 1. The summed E-state index contributed by atoms with van der Waals surface area (Å²) in [5, 5.41) is 4.61. The van der Waals surface area contributed by atoms with Crippen LogP contribution in [0.1, 0.15) is 34.3 Å². The van der Waals surface area contributed by atoms with Gasteiger partial charge >= 0.3 is 0 Å². The fraction of sp³-hybridized carbons (Fsp3) is 0.278. The first-order valence-corrected chi connectivity index (χ1v) is 8.42. The number of hydrogen-bond acceptors (Lipinski definition) is 3. The van der Waals surface area contributed by atoms with E-state index in [2.05, 4.69) is 74.0 Å². The van der Waals surface area contributed by atoms with Crippen LogP contribution >= 0.6 is 35.7 Å². The van der Waals surface area contributed by atoms with Crippen molar-refractivity contribution in [1.29, 1.82) is 0 Å². The van der Waals surface area contributed by atoms with Crippen molar-refractivity contribution >= 4 is 40.9 Å². The Hall–Kier alpha value is -1.01. The van der Waals surface area contributed by atoms with Crippen molar-refractivity contribution in [2.75, 3.05) is 6.26 Å². The Morgan fingerprint density at radius 3 is 2.00 bits per heavy atom. The van der Waals surface area contributed by atoms with Gasteiger partial charge in [-0.3, -0.25) is 4.99 Å². The Morgan fingerprint density at radius 2 is 1.45 bits per heavy atom. The van der Waals surface area contributed by atoms with Crippen molar-refractivity contribution in [3.05, 3.63) is 70.8 Å². The second kappa shape index (κ2) is 7.51. The van der Waals surface area contributed by atoms with Gasteiger partial charge in [0.05, 0.1) is 6.04 Å². The van der Waals surface area contributed by atoms with Crippen LogP contribution in [0.25, 0.3) is 0 Å². The molecule has 4 heteroatoms. The second-order valence-electron chi connectivity index (χ2n) is 5.42. The molecule has 0 spiro atoms. The fourth-order valence-corrected chi connectivity index (χ4v) is 3.38. The van der Waals surface area contributed by atoms with Crippen LogP contribution in [0, 0.1) is 13.8 Å². The maximum Gasteiger partial charge on any atom is 0.157 e. The zero-order valence-corrected chi connectivity index (χ0v) is 16.2. The number of aryl methyl sites for hydroxylation is 2. The summed E-state index contributed by atoms with van der Waals surface area (Å²) in [6, 6.07) is 17.5. The van der Waals surface area contributed by atoms with Gasteiger partial charge in [-0.05, 0) is 42.4 Å². The number of nitrogens with one attached hydrogen (secondary N) is 1. The van der Waals surface area contributed by atoms with Crippen molar-refractivity contribution in [3.63, 3.8) is 0 Å². The second-order valence-corrected chi connectivity index (χ2v) is 6.21. The molecule has 0 aromatic heterocycles. The molecule has 22 heavy (non-hydrogen) atoms. The number of thioether (sulfide) groups is 1. The van der Waals surface area contributed by atoms with E-state index in [1.807, 2.05) is 0 Å². The molecule has 2 aromatic rings. The number of nitrogens with zero attached hydrogens (tertiary/aromatic N) is 1. The van der Waals surface area contributed by atoms with Gasteiger partial charge < -0.3 is 5.32 Å². The van der Waals surface area contributed by atoms with E-state index in [1.165, 1.54) is 22.3 Å².